The summed E-state index contributed by atoms with van der Waals surface area (Å²) >= 11 is 0. The molecule has 11 heteroatoms. The molecule has 1 aliphatic heterocycles. The van der Waals surface area contributed by atoms with E-state index in [-0.39, 0.29) is 41.1 Å². The molecular weight excluding hydrogens is 434 g/mol. The van der Waals surface area contributed by atoms with Gasteiger partial charge in [-0.15, -0.1) is 0 Å². The van der Waals surface area contributed by atoms with Crippen LogP contribution < -0.4 is 10.6 Å². The normalized spacial score (nSPS) is 17.0. The number of anilines is 2. The molecule has 0 saturated carbocycles. The van der Waals surface area contributed by atoms with Crippen molar-refractivity contribution in [3.63, 3.8) is 0 Å². The average Bonchev–Trinajstić information content (AvgIpc) is 2.75. The third-order valence-corrected chi connectivity index (χ3v) is 7.13. The second-order valence-electron chi connectivity index (χ2n) is 7.99. The molecule has 10 nitrogen and oxygen atoms in total. The molecule has 172 valence electrons. The third kappa shape index (κ3) is 5.80. The van der Waals surface area contributed by atoms with Crippen LogP contribution in [0.25, 0.3) is 0 Å². The number of nitro benzene ring substituents is 1. The van der Waals surface area contributed by atoms with Crippen LogP contribution in [-0.4, -0.2) is 48.2 Å². The number of nitrogens with zero attached hydrogens (tertiary/aromatic N) is 3. The van der Waals surface area contributed by atoms with Crippen molar-refractivity contribution >= 4 is 33.1 Å². The van der Waals surface area contributed by atoms with Crippen LogP contribution in [0.3, 0.4) is 0 Å². The van der Waals surface area contributed by atoms with Gasteiger partial charge in [-0.05, 0) is 49.4 Å². The van der Waals surface area contributed by atoms with Crippen LogP contribution in [0.2, 0.25) is 0 Å². The Bertz CT molecular complexity index is 1090. The van der Waals surface area contributed by atoms with Gasteiger partial charge >= 0.3 is 0 Å². The molecule has 0 unspecified atom stereocenters. The fraction of sp³-hybridized carbons (Fsp3) is 0.429. The molecule has 1 amide bonds. The van der Waals surface area contributed by atoms with E-state index in [9.17, 15) is 23.3 Å². The van der Waals surface area contributed by atoms with E-state index < -0.39 is 14.9 Å². The molecule has 2 heterocycles. The monoisotopic (exact) mass is 461 g/mol. The molecule has 0 bridgehead atoms. The predicted molar refractivity (Wildman–Crippen MR) is 121 cm³/mol. The fourth-order valence-electron chi connectivity index (χ4n) is 3.54. The van der Waals surface area contributed by atoms with Crippen molar-refractivity contribution in [1.29, 1.82) is 0 Å². The number of hydrogen-bond acceptors (Lipinski definition) is 7. The predicted octanol–water partition coefficient (Wildman–Crippen LogP) is 3.16. The molecule has 0 radical (unpaired) electrons. The molecule has 1 aromatic heterocycles. The van der Waals surface area contributed by atoms with Crippen LogP contribution in [0.15, 0.2) is 41.4 Å². The molecule has 1 aromatic carbocycles. The Morgan fingerprint density at radius 1 is 1.31 bits per heavy atom. The minimum absolute atomic E-state index is 0.0540. The van der Waals surface area contributed by atoms with E-state index in [1.54, 1.807) is 12.3 Å². The summed E-state index contributed by atoms with van der Waals surface area (Å²) in [6.45, 7) is 4.82. The number of nitrogens with one attached hydrogen (secondary N) is 2. The van der Waals surface area contributed by atoms with E-state index in [0.29, 0.717) is 18.9 Å². The maximum Gasteiger partial charge on any atom is 0.293 e. The Morgan fingerprint density at radius 3 is 2.75 bits per heavy atom. The summed E-state index contributed by atoms with van der Waals surface area (Å²) in [5, 5.41) is 17.1. The highest BCUT2D eigenvalue weighted by atomic mass is 32.2. The number of nitro groups is 1. The number of sulfonamides is 1. The first-order valence-corrected chi connectivity index (χ1v) is 11.9. The SMILES string of the molecule is Cc1ccc(NC(=O)CCNc2ccc(S(=O)(=O)N3CCC[C@H](C)C3)cc2[N+](=O)[O-])nc1. The zero-order chi connectivity index (χ0) is 23.3. The van der Waals surface area contributed by atoms with Gasteiger partial charge in [0.15, 0.2) is 0 Å². The Morgan fingerprint density at radius 2 is 2.09 bits per heavy atom. The number of hydrogen-bond donors (Lipinski definition) is 2. The highest BCUT2D eigenvalue weighted by Gasteiger charge is 2.30. The topological polar surface area (TPSA) is 135 Å². The number of rotatable bonds is 8. The van der Waals surface area contributed by atoms with E-state index in [1.165, 1.54) is 16.4 Å². The van der Waals surface area contributed by atoms with Gasteiger partial charge in [0.1, 0.15) is 11.5 Å². The number of piperidine rings is 1. The Balaban J connectivity index is 1.66. The largest absolute Gasteiger partial charge is 0.379 e. The van der Waals surface area contributed by atoms with Gasteiger partial charge < -0.3 is 10.6 Å². The summed E-state index contributed by atoms with van der Waals surface area (Å²) in [4.78, 5) is 27.0. The Labute approximate surface area is 187 Å². The number of aryl methyl sites for hydroxylation is 1. The highest BCUT2D eigenvalue weighted by Crippen LogP contribution is 2.30. The lowest BCUT2D eigenvalue weighted by molar-refractivity contribution is -0.384. The first-order valence-electron chi connectivity index (χ1n) is 10.4. The van der Waals surface area contributed by atoms with Gasteiger partial charge in [-0.2, -0.15) is 4.31 Å². The van der Waals surface area contributed by atoms with Crippen molar-refractivity contribution in [3.8, 4) is 0 Å². The zero-order valence-electron chi connectivity index (χ0n) is 18.1. The van der Waals surface area contributed by atoms with Crippen molar-refractivity contribution in [2.24, 2.45) is 5.92 Å². The minimum atomic E-state index is -3.81. The van der Waals surface area contributed by atoms with Gasteiger partial charge in [0.2, 0.25) is 15.9 Å². The molecule has 0 aliphatic carbocycles. The van der Waals surface area contributed by atoms with Gasteiger partial charge in [-0.1, -0.05) is 13.0 Å². The van der Waals surface area contributed by atoms with E-state index in [2.05, 4.69) is 15.6 Å². The molecule has 1 atom stereocenters. The van der Waals surface area contributed by atoms with Crippen LogP contribution in [0.5, 0.6) is 0 Å². The quantitative estimate of drug-likeness (QED) is 0.455. The molecule has 3 rings (SSSR count). The number of carbonyl (C=O) groups is 1. The number of benzene rings is 1. The summed E-state index contributed by atoms with van der Waals surface area (Å²) in [5.74, 6) is 0.374. The third-order valence-electron chi connectivity index (χ3n) is 5.27. The minimum Gasteiger partial charge on any atom is -0.379 e. The van der Waals surface area contributed by atoms with Crippen molar-refractivity contribution in [1.82, 2.24) is 9.29 Å². The molecule has 32 heavy (non-hydrogen) atoms. The number of aromatic nitrogens is 1. The summed E-state index contributed by atoms with van der Waals surface area (Å²) in [5.41, 5.74) is 0.774. The highest BCUT2D eigenvalue weighted by molar-refractivity contribution is 7.89. The summed E-state index contributed by atoms with van der Waals surface area (Å²) in [6.07, 6.45) is 3.42. The van der Waals surface area contributed by atoms with Crippen molar-refractivity contribution in [3.05, 3.63) is 52.2 Å². The molecular formula is C21H27N5O5S. The number of pyridine rings is 1. The van der Waals surface area contributed by atoms with Crippen LogP contribution in [-0.2, 0) is 14.8 Å². The van der Waals surface area contributed by atoms with E-state index >= 15 is 0 Å². The van der Waals surface area contributed by atoms with Gasteiger partial charge in [0, 0.05) is 38.3 Å². The van der Waals surface area contributed by atoms with Crippen LogP contribution in [0.1, 0.15) is 31.7 Å². The van der Waals surface area contributed by atoms with Gasteiger partial charge in [-0.25, -0.2) is 13.4 Å². The molecule has 1 saturated heterocycles. The fourth-order valence-corrected chi connectivity index (χ4v) is 5.16. The smallest absolute Gasteiger partial charge is 0.293 e. The molecule has 0 spiro atoms. The maximum absolute atomic E-state index is 12.9. The van der Waals surface area contributed by atoms with E-state index in [4.69, 9.17) is 0 Å². The molecule has 2 aromatic rings. The summed E-state index contributed by atoms with van der Waals surface area (Å²) < 4.78 is 27.3. The lowest BCUT2D eigenvalue weighted by atomic mass is 10.0. The first kappa shape index (κ1) is 23.6. The Hall–Kier alpha value is -3.05. The van der Waals surface area contributed by atoms with E-state index in [0.717, 1.165) is 24.5 Å². The first-order chi connectivity index (χ1) is 15.2. The van der Waals surface area contributed by atoms with Crippen LogP contribution >= 0.6 is 0 Å². The van der Waals surface area contributed by atoms with Gasteiger partial charge in [0.25, 0.3) is 5.69 Å². The lowest BCUT2D eigenvalue weighted by Crippen LogP contribution is -2.39. The molecule has 1 fully saturated rings. The average molecular weight is 462 g/mol. The van der Waals surface area contributed by atoms with Crippen molar-refractivity contribution in [2.45, 2.75) is 38.0 Å². The van der Waals surface area contributed by atoms with Gasteiger partial charge in [-0.3, -0.25) is 14.9 Å². The van der Waals surface area contributed by atoms with Crippen molar-refractivity contribution in [2.75, 3.05) is 30.3 Å². The second kappa shape index (κ2) is 10.0. The Kier molecular flexibility index (Phi) is 7.41. The maximum atomic E-state index is 12.9. The molecule has 2 N–H and O–H groups in total. The van der Waals surface area contributed by atoms with Crippen LogP contribution in [0.4, 0.5) is 17.2 Å². The van der Waals surface area contributed by atoms with Crippen molar-refractivity contribution < 1.29 is 18.1 Å². The van der Waals surface area contributed by atoms with E-state index in [1.807, 2.05) is 19.9 Å². The summed E-state index contributed by atoms with van der Waals surface area (Å²) in [6, 6.07) is 7.32. The standard InChI is InChI=1S/C21H27N5O5S/c1-15-5-8-20(23-13-15)24-21(27)9-10-22-18-7-6-17(12-19(18)26(28)29)32(30,31)25-11-3-4-16(2)14-25/h5-8,12-13,16,22H,3-4,9-11,14H2,1-2H3,(H,23,24,27)/t16-/m0/s1. The zero-order valence-corrected chi connectivity index (χ0v) is 18.9. The van der Waals surface area contributed by atoms with Crippen LogP contribution in [0, 0.1) is 23.0 Å². The lowest BCUT2D eigenvalue weighted by Gasteiger charge is -2.30. The number of carbonyl (C=O) groups excluding carboxylic acids is 1. The second-order valence-corrected chi connectivity index (χ2v) is 9.93. The summed E-state index contributed by atoms with van der Waals surface area (Å²) in [7, 11) is -3.81. The van der Waals surface area contributed by atoms with Gasteiger partial charge in [0.05, 0.1) is 9.82 Å². The number of amides is 1. The molecule has 1 aliphatic rings.